The smallest absolute Gasteiger partial charge is 0.265 e. The Morgan fingerprint density at radius 1 is 1.20 bits per heavy atom. The van der Waals surface area contributed by atoms with Crippen molar-refractivity contribution in [3.05, 3.63) is 48.0 Å². The Morgan fingerprint density at radius 3 is 2.84 bits per heavy atom. The van der Waals surface area contributed by atoms with Gasteiger partial charge in [0, 0.05) is 17.3 Å². The van der Waals surface area contributed by atoms with Crippen molar-refractivity contribution in [2.45, 2.75) is 0 Å². The summed E-state index contributed by atoms with van der Waals surface area (Å²) in [6, 6.07) is 12.6. The zero-order valence-electron chi connectivity index (χ0n) is 13.7. The molecule has 1 heterocycles. The first-order chi connectivity index (χ1) is 12.3. The Balaban J connectivity index is 1.50. The standard InChI is InChI=1S/C18H18N2O5/c1-22-15-5-3-2-4-13(15)11-19-25-12-18(21)20-14-6-7-16-17(10-14)24-9-8-23-16/h2-7,10-11H,8-9,12H2,1H3,(H,20,21)/b19-11-. The second-order valence-electron chi connectivity index (χ2n) is 5.16. The fraction of sp³-hybridized carbons (Fsp3) is 0.222. The molecule has 0 unspecified atom stereocenters. The van der Waals surface area contributed by atoms with Crippen LogP contribution in [0.15, 0.2) is 47.6 Å². The van der Waals surface area contributed by atoms with Gasteiger partial charge in [-0.05, 0) is 24.3 Å². The lowest BCUT2D eigenvalue weighted by atomic mass is 10.2. The number of hydrogen-bond donors (Lipinski definition) is 1. The van der Waals surface area contributed by atoms with Gasteiger partial charge in [-0.15, -0.1) is 0 Å². The molecule has 1 N–H and O–H groups in total. The molecule has 0 fully saturated rings. The number of oxime groups is 1. The number of amides is 1. The Bertz CT molecular complexity index is 776. The molecule has 130 valence electrons. The van der Waals surface area contributed by atoms with Crippen LogP contribution >= 0.6 is 0 Å². The predicted molar refractivity (Wildman–Crippen MR) is 92.6 cm³/mol. The highest BCUT2D eigenvalue weighted by Gasteiger charge is 2.12. The molecule has 25 heavy (non-hydrogen) atoms. The highest BCUT2D eigenvalue weighted by molar-refractivity contribution is 5.92. The first-order valence-corrected chi connectivity index (χ1v) is 7.74. The van der Waals surface area contributed by atoms with Crippen LogP contribution in [0.2, 0.25) is 0 Å². The summed E-state index contributed by atoms with van der Waals surface area (Å²) in [5, 5.41) is 6.51. The van der Waals surface area contributed by atoms with Crippen molar-refractivity contribution >= 4 is 17.8 Å². The van der Waals surface area contributed by atoms with Crippen molar-refractivity contribution in [1.29, 1.82) is 0 Å². The van der Waals surface area contributed by atoms with E-state index >= 15 is 0 Å². The Kier molecular flexibility index (Phi) is 5.36. The summed E-state index contributed by atoms with van der Waals surface area (Å²) in [7, 11) is 1.58. The molecule has 2 aromatic carbocycles. The summed E-state index contributed by atoms with van der Waals surface area (Å²) in [4.78, 5) is 16.9. The lowest BCUT2D eigenvalue weighted by Crippen LogP contribution is -2.18. The number of hydrogen-bond acceptors (Lipinski definition) is 6. The molecule has 0 saturated heterocycles. The minimum Gasteiger partial charge on any atom is -0.496 e. The first kappa shape index (κ1) is 16.6. The minimum atomic E-state index is -0.325. The van der Waals surface area contributed by atoms with Crippen LogP contribution in [0.3, 0.4) is 0 Å². The van der Waals surface area contributed by atoms with Crippen LogP contribution < -0.4 is 19.5 Å². The molecule has 2 aromatic rings. The maximum Gasteiger partial charge on any atom is 0.265 e. The van der Waals surface area contributed by atoms with E-state index in [0.29, 0.717) is 36.1 Å². The fourth-order valence-corrected chi connectivity index (χ4v) is 2.28. The number of nitrogens with one attached hydrogen (secondary N) is 1. The normalized spacial score (nSPS) is 12.7. The van der Waals surface area contributed by atoms with Gasteiger partial charge in [-0.25, -0.2) is 0 Å². The van der Waals surface area contributed by atoms with E-state index in [4.69, 9.17) is 19.0 Å². The van der Waals surface area contributed by atoms with Gasteiger partial charge in [0.1, 0.15) is 19.0 Å². The molecule has 0 saturated carbocycles. The molecule has 1 aliphatic heterocycles. The van der Waals surface area contributed by atoms with Crippen molar-refractivity contribution in [3.8, 4) is 17.2 Å². The number of carbonyl (C=O) groups excluding carboxylic acids is 1. The van der Waals surface area contributed by atoms with Crippen LogP contribution in [0, 0.1) is 0 Å². The van der Waals surface area contributed by atoms with Crippen molar-refractivity contribution in [1.82, 2.24) is 0 Å². The average molecular weight is 342 g/mol. The Hall–Kier alpha value is -3.22. The van der Waals surface area contributed by atoms with Gasteiger partial charge >= 0.3 is 0 Å². The number of ether oxygens (including phenoxy) is 3. The number of carbonyl (C=O) groups is 1. The molecule has 1 amide bonds. The average Bonchev–Trinajstić information content (AvgIpc) is 2.65. The van der Waals surface area contributed by atoms with Gasteiger partial charge in [0.25, 0.3) is 5.91 Å². The van der Waals surface area contributed by atoms with Crippen LogP contribution in [0.4, 0.5) is 5.69 Å². The SMILES string of the molecule is COc1ccccc1/C=N\OCC(=O)Nc1ccc2c(c1)OCCO2. The molecule has 1 aliphatic rings. The molecule has 0 atom stereocenters. The summed E-state index contributed by atoms with van der Waals surface area (Å²) >= 11 is 0. The van der Waals surface area contributed by atoms with E-state index in [1.165, 1.54) is 6.21 Å². The molecule has 0 spiro atoms. The van der Waals surface area contributed by atoms with Crippen LogP contribution in [0.1, 0.15) is 5.56 Å². The second kappa shape index (κ2) is 8.05. The van der Waals surface area contributed by atoms with E-state index in [0.717, 1.165) is 5.56 Å². The van der Waals surface area contributed by atoms with E-state index in [1.807, 2.05) is 24.3 Å². The van der Waals surface area contributed by atoms with Crippen molar-refractivity contribution in [2.75, 3.05) is 32.2 Å². The predicted octanol–water partition coefficient (Wildman–Crippen LogP) is 2.46. The zero-order valence-corrected chi connectivity index (χ0v) is 13.7. The van der Waals surface area contributed by atoms with Gasteiger partial charge in [-0.3, -0.25) is 4.79 Å². The van der Waals surface area contributed by atoms with Gasteiger partial charge in [0.2, 0.25) is 0 Å². The highest BCUT2D eigenvalue weighted by Crippen LogP contribution is 2.32. The number of methoxy groups -OCH3 is 1. The molecule has 0 aromatic heterocycles. The van der Waals surface area contributed by atoms with Gasteiger partial charge in [-0.2, -0.15) is 0 Å². The number of para-hydroxylation sites is 1. The van der Waals surface area contributed by atoms with Crippen LogP contribution in [-0.2, 0) is 9.63 Å². The maximum absolute atomic E-state index is 11.9. The van der Waals surface area contributed by atoms with E-state index in [-0.39, 0.29) is 12.5 Å². The van der Waals surface area contributed by atoms with Crippen molar-refractivity contribution < 1.29 is 23.8 Å². The van der Waals surface area contributed by atoms with E-state index < -0.39 is 0 Å². The third-order valence-electron chi connectivity index (χ3n) is 3.43. The number of nitrogens with zero attached hydrogens (tertiary/aromatic N) is 1. The highest BCUT2D eigenvalue weighted by atomic mass is 16.6. The van der Waals surface area contributed by atoms with Crippen molar-refractivity contribution in [3.63, 3.8) is 0 Å². The van der Waals surface area contributed by atoms with Crippen molar-refractivity contribution in [2.24, 2.45) is 5.16 Å². The lowest BCUT2D eigenvalue weighted by Gasteiger charge is -2.18. The van der Waals surface area contributed by atoms with Gasteiger partial charge in [0.15, 0.2) is 18.1 Å². The summed E-state index contributed by atoms with van der Waals surface area (Å²) in [5.74, 6) is 1.63. The van der Waals surface area contributed by atoms with Crippen LogP contribution in [0.5, 0.6) is 17.2 Å². The van der Waals surface area contributed by atoms with Gasteiger partial charge in [-0.1, -0.05) is 17.3 Å². The maximum atomic E-state index is 11.9. The third kappa shape index (κ3) is 4.41. The molecule has 7 heteroatoms. The zero-order chi connectivity index (χ0) is 17.5. The van der Waals surface area contributed by atoms with Crippen LogP contribution in [-0.4, -0.2) is 39.1 Å². The van der Waals surface area contributed by atoms with Crippen LogP contribution in [0.25, 0.3) is 0 Å². The van der Waals surface area contributed by atoms with E-state index in [2.05, 4.69) is 10.5 Å². The monoisotopic (exact) mass is 342 g/mol. The minimum absolute atomic E-state index is 0.208. The van der Waals surface area contributed by atoms with Gasteiger partial charge < -0.3 is 24.4 Å². The Morgan fingerprint density at radius 2 is 2.00 bits per heavy atom. The summed E-state index contributed by atoms with van der Waals surface area (Å²) < 4.78 is 16.1. The summed E-state index contributed by atoms with van der Waals surface area (Å²) in [6.07, 6.45) is 1.50. The summed E-state index contributed by atoms with van der Waals surface area (Å²) in [5.41, 5.74) is 1.36. The molecule has 7 nitrogen and oxygen atoms in total. The fourth-order valence-electron chi connectivity index (χ4n) is 2.28. The summed E-state index contributed by atoms with van der Waals surface area (Å²) in [6.45, 7) is 0.808. The Labute approximate surface area is 145 Å². The number of anilines is 1. The topological polar surface area (TPSA) is 78.4 Å². The molecule has 0 radical (unpaired) electrons. The number of fused-ring (bicyclic) bond motifs is 1. The van der Waals surface area contributed by atoms with E-state index in [9.17, 15) is 4.79 Å². The number of benzene rings is 2. The second-order valence-corrected chi connectivity index (χ2v) is 5.16. The quantitative estimate of drug-likeness (QED) is 0.644. The lowest BCUT2D eigenvalue weighted by molar-refractivity contribution is -0.120. The molecular formula is C18H18N2O5. The van der Waals surface area contributed by atoms with Gasteiger partial charge in [0.05, 0.1) is 13.3 Å². The largest absolute Gasteiger partial charge is 0.496 e. The molecule has 3 rings (SSSR count). The van der Waals surface area contributed by atoms with E-state index in [1.54, 1.807) is 25.3 Å². The number of rotatable bonds is 6. The molecule has 0 aliphatic carbocycles. The first-order valence-electron chi connectivity index (χ1n) is 7.74. The third-order valence-corrected chi connectivity index (χ3v) is 3.43. The molecule has 0 bridgehead atoms. The molecular weight excluding hydrogens is 324 g/mol.